The molecular formula is C21H25N3O4S. The van der Waals surface area contributed by atoms with Crippen LogP contribution >= 0.6 is 11.3 Å². The molecule has 0 bridgehead atoms. The second-order valence-corrected chi connectivity index (χ2v) is 7.67. The smallest absolute Gasteiger partial charge is 0.260 e. The van der Waals surface area contributed by atoms with E-state index in [1.165, 1.54) is 11.3 Å². The van der Waals surface area contributed by atoms with E-state index in [0.717, 1.165) is 16.0 Å². The zero-order valence-electron chi connectivity index (χ0n) is 17.3. The van der Waals surface area contributed by atoms with Crippen molar-refractivity contribution in [1.29, 1.82) is 0 Å². The molecule has 154 valence electrons. The van der Waals surface area contributed by atoms with Gasteiger partial charge in [-0.05, 0) is 44.4 Å². The maximum absolute atomic E-state index is 13.4. The lowest BCUT2D eigenvalue weighted by Crippen LogP contribution is -2.36. The number of anilines is 1. The normalized spacial score (nSPS) is 11.0. The maximum Gasteiger partial charge on any atom is 0.260 e. The van der Waals surface area contributed by atoms with E-state index in [2.05, 4.69) is 0 Å². The Balaban J connectivity index is 1.99. The molecule has 0 atom stereocenters. The van der Waals surface area contributed by atoms with Gasteiger partial charge in [-0.1, -0.05) is 11.3 Å². The van der Waals surface area contributed by atoms with Gasteiger partial charge in [-0.15, -0.1) is 0 Å². The van der Waals surface area contributed by atoms with Gasteiger partial charge in [0.15, 0.2) is 16.6 Å². The molecule has 7 nitrogen and oxygen atoms in total. The molecule has 1 amide bonds. The number of hydrogen-bond donors (Lipinski definition) is 0. The third kappa shape index (κ3) is 4.60. The Morgan fingerprint density at radius 2 is 1.72 bits per heavy atom. The van der Waals surface area contributed by atoms with E-state index in [-0.39, 0.29) is 5.91 Å². The molecule has 0 unspecified atom stereocenters. The molecule has 2 aromatic carbocycles. The molecule has 0 saturated carbocycles. The van der Waals surface area contributed by atoms with Crippen LogP contribution in [0.25, 0.3) is 10.2 Å². The molecule has 1 heterocycles. The first-order valence-electron chi connectivity index (χ1n) is 9.10. The van der Waals surface area contributed by atoms with E-state index < -0.39 is 0 Å². The fourth-order valence-corrected chi connectivity index (χ4v) is 3.82. The van der Waals surface area contributed by atoms with Gasteiger partial charge in [-0.3, -0.25) is 9.69 Å². The highest BCUT2D eigenvalue weighted by Gasteiger charge is 2.23. The number of benzene rings is 2. The lowest BCUT2D eigenvalue weighted by atomic mass is 10.1. The van der Waals surface area contributed by atoms with Gasteiger partial charge >= 0.3 is 0 Å². The van der Waals surface area contributed by atoms with Crippen LogP contribution in [0.15, 0.2) is 36.4 Å². The highest BCUT2D eigenvalue weighted by Crippen LogP contribution is 2.33. The van der Waals surface area contributed by atoms with Crippen LogP contribution in [0.4, 0.5) is 5.13 Å². The topological polar surface area (TPSA) is 64.1 Å². The van der Waals surface area contributed by atoms with Gasteiger partial charge in [-0.25, -0.2) is 4.98 Å². The average molecular weight is 416 g/mol. The van der Waals surface area contributed by atoms with Crippen molar-refractivity contribution in [1.82, 2.24) is 9.88 Å². The SMILES string of the molecule is COc1ccc2sc(N(CCN(C)C)C(=O)c3ccc(OC)c(OC)c3)nc2c1. The molecule has 3 rings (SSSR count). The number of fused-ring (bicyclic) bond motifs is 1. The van der Waals surface area contributed by atoms with E-state index in [0.29, 0.717) is 35.3 Å². The molecule has 0 N–H and O–H groups in total. The van der Waals surface area contributed by atoms with Crippen LogP contribution in [0.5, 0.6) is 17.2 Å². The second kappa shape index (κ2) is 9.11. The summed E-state index contributed by atoms with van der Waals surface area (Å²) >= 11 is 1.48. The number of rotatable bonds is 8. The number of amides is 1. The fourth-order valence-electron chi connectivity index (χ4n) is 2.85. The monoisotopic (exact) mass is 415 g/mol. The van der Waals surface area contributed by atoms with Gasteiger partial charge in [0.25, 0.3) is 5.91 Å². The first-order valence-corrected chi connectivity index (χ1v) is 9.91. The molecule has 0 radical (unpaired) electrons. The molecule has 3 aromatic rings. The molecule has 29 heavy (non-hydrogen) atoms. The number of thiazole rings is 1. The molecule has 0 spiro atoms. The molecule has 0 aliphatic heterocycles. The number of hydrogen-bond acceptors (Lipinski definition) is 7. The summed E-state index contributed by atoms with van der Waals surface area (Å²) in [4.78, 5) is 21.8. The summed E-state index contributed by atoms with van der Waals surface area (Å²) in [5, 5.41) is 0.648. The number of carbonyl (C=O) groups excluding carboxylic acids is 1. The van der Waals surface area contributed by atoms with Crippen molar-refractivity contribution in [2.24, 2.45) is 0 Å². The Morgan fingerprint density at radius 3 is 2.38 bits per heavy atom. The highest BCUT2D eigenvalue weighted by atomic mass is 32.1. The van der Waals surface area contributed by atoms with Crippen LogP contribution in [0, 0.1) is 0 Å². The van der Waals surface area contributed by atoms with Gasteiger partial charge in [0.1, 0.15) is 5.75 Å². The van der Waals surface area contributed by atoms with E-state index in [1.807, 2.05) is 37.2 Å². The Bertz CT molecular complexity index is 1000. The van der Waals surface area contributed by atoms with Crippen LogP contribution in [0.1, 0.15) is 10.4 Å². The molecule has 8 heteroatoms. The van der Waals surface area contributed by atoms with Crippen molar-refractivity contribution in [2.45, 2.75) is 0 Å². The number of aromatic nitrogens is 1. The number of nitrogens with zero attached hydrogens (tertiary/aromatic N) is 3. The Kier molecular flexibility index (Phi) is 6.56. The van der Waals surface area contributed by atoms with Gasteiger partial charge in [-0.2, -0.15) is 0 Å². The minimum Gasteiger partial charge on any atom is -0.497 e. The Hall–Kier alpha value is -2.84. The van der Waals surface area contributed by atoms with E-state index in [1.54, 1.807) is 44.4 Å². The highest BCUT2D eigenvalue weighted by molar-refractivity contribution is 7.22. The molecular weight excluding hydrogens is 390 g/mol. The summed E-state index contributed by atoms with van der Waals surface area (Å²) in [6.07, 6.45) is 0. The van der Waals surface area contributed by atoms with Crippen LogP contribution in [-0.4, -0.2) is 64.3 Å². The third-order valence-electron chi connectivity index (χ3n) is 4.46. The van der Waals surface area contributed by atoms with E-state index in [9.17, 15) is 4.79 Å². The van der Waals surface area contributed by atoms with Gasteiger partial charge < -0.3 is 19.1 Å². The number of likely N-dealkylation sites (N-methyl/N-ethyl adjacent to an activating group) is 1. The van der Waals surface area contributed by atoms with Crippen molar-refractivity contribution >= 4 is 32.6 Å². The van der Waals surface area contributed by atoms with Gasteiger partial charge in [0.05, 0.1) is 31.5 Å². The fraction of sp³-hybridized carbons (Fsp3) is 0.333. The van der Waals surface area contributed by atoms with Gasteiger partial charge in [0.2, 0.25) is 0 Å². The zero-order valence-corrected chi connectivity index (χ0v) is 18.1. The first-order chi connectivity index (χ1) is 14.0. The first kappa shape index (κ1) is 20.9. The van der Waals surface area contributed by atoms with Crippen molar-refractivity contribution in [3.8, 4) is 17.2 Å². The van der Waals surface area contributed by atoms with Crippen molar-refractivity contribution in [3.05, 3.63) is 42.0 Å². The quantitative estimate of drug-likeness (QED) is 0.561. The maximum atomic E-state index is 13.4. The lowest BCUT2D eigenvalue weighted by Gasteiger charge is -2.22. The summed E-state index contributed by atoms with van der Waals surface area (Å²) in [5.74, 6) is 1.69. The largest absolute Gasteiger partial charge is 0.497 e. The molecule has 0 saturated heterocycles. The van der Waals surface area contributed by atoms with Crippen molar-refractivity contribution < 1.29 is 19.0 Å². The van der Waals surface area contributed by atoms with Gasteiger partial charge in [0, 0.05) is 24.7 Å². The number of ether oxygens (including phenoxy) is 3. The summed E-state index contributed by atoms with van der Waals surface area (Å²) in [6.45, 7) is 1.22. The lowest BCUT2D eigenvalue weighted by molar-refractivity contribution is 0.0985. The summed E-state index contributed by atoms with van der Waals surface area (Å²) in [6, 6.07) is 10.9. The van der Waals surface area contributed by atoms with E-state index in [4.69, 9.17) is 19.2 Å². The van der Waals surface area contributed by atoms with Crippen LogP contribution in [0.2, 0.25) is 0 Å². The summed E-state index contributed by atoms with van der Waals surface area (Å²) in [7, 11) is 8.69. The minimum absolute atomic E-state index is 0.140. The molecule has 0 aliphatic carbocycles. The van der Waals surface area contributed by atoms with Crippen molar-refractivity contribution in [2.75, 3.05) is 53.4 Å². The number of methoxy groups -OCH3 is 3. The Morgan fingerprint density at radius 1 is 0.966 bits per heavy atom. The third-order valence-corrected chi connectivity index (χ3v) is 5.52. The average Bonchev–Trinajstić information content (AvgIpc) is 3.15. The minimum atomic E-state index is -0.140. The molecule has 0 fully saturated rings. The zero-order chi connectivity index (χ0) is 21.0. The summed E-state index contributed by atoms with van der Waals surface area (Å²) in [5.41, 5.74) is 1.32. The standard InChI is InChI=1S/C21H25N3O4S/c1-23(2)10-11-24(20(25)14-6-8-17(27-4)18(12-14)28-5)21-22-16-13-15(26-3)7-9-19(16)29-21/h6-9,12-13H,10-11H2,1-5H3. The number of carbonyl (C=O) groups is 1. The van der Waals surface area contributed by atoms with Crippen LogP contribution in [-0.2, 0) is 0 Å². The predicted molar refractivity (Wildman–Crippen MR) is 116 cm³/mol. The van der Waals surface area contributed by atoms with Crippen LogP contribution in [0.3, 0.4) is 0 Å². The molecule has 0 aliphatic rings. The second-order valence-electron chi connectivity index (χ2n) is 6.66. The van der Waals surface area contributed by atoms with E-state index >= 15 is 0 Å². The molecule has 1 aromatic heterocycles. The predicted octanol–water partition coefficient (Wildman–Crippen LogP) is 3.53. The van der Waals surface area contributed by atoms with Crippen LogP contribution < -0.4 is 19.1 Å². The van der Waals surface area contributed by atoms with Crippen molar-refractivity contribution in [3.63, 3.8) is 0 Å². The summed E-state index contributed by atoms with van der Waals surface area (Å²) < 4.78 is 16.9. The Labute approximate surface area is 174 Å².